The first-order valence-electron chi connectivity index (χ1n) is 6.12. The number of hydrogen-bond donors (Lipinski definition) is 1. The van der Waals surface area contributed by atoms with Crippen LogP contribution in [0.5, 0.6) is 5.75 Å². The molecule has 0 bridgehead atoms. The van der Waals surface area contributed by atoms with E-state index in [4.69, 9.17) is 9.15 Å². The smallest absolute Gasteiger partial charge is 0.510 e. The number of rotatable bonds is 4. The van der Waals surface area contributed by atoms with E-state index in [1.807, 2.05) is 6.20 Å². The number of halogens is 2. The molecule has 0 fully saturated rings. The third kappa shape index (κ3) is 3.41. The topological polar surface area (TPSA) is 59.1 Å². The summed E-state index contributed by atoms with van der Waals surface area (Å²) in [4.78, 5) is 13.8. The maximum Gasteiger partial charge on any atom is 0.510 e. The molecule has 2 heterocycles. The summed E-state index contributed by atoms with van der Waals surface area (Å²) in [5.41, 5.74) is 1.09. The molecule has 110 valence electrons. The van der Waals surface area contributed by atoms with Crippen LogP contribution in [-0.4, -0.2) is 11.6 Å². The number of pyridine rings is 1. The molecular formula is C14H12ClFN2O3. The summed E-state index contributed by atoms with van der Waals surface area (Å²) in [6.45, 7) is 0.851. The summed E-state index contributed by atoms with van der Waals surface area (Å²) >= 11 is 0. The van der Waals surface area contributed by atoms with Gasteiger partial charge in [-0.05, 0) is 24.3 Å². The normalized spacial score (nSPS) is 10.3. The highest BCUT2D eigenvalue weighted by Gasteiger charge is 2.12. The third-order valence-corrected chi connectivity index (χ3v) is 2.85. The summed E-state index contributed by atoms with van der Waals surface area (Å²) in [6.07, 6.45) is 1.81. The molecule has 0 aliphatic carbocycles. The number of nitrogens with one attached hydrogen (secondary N) is 1. The van der Waals surface area contributed by atoms with Crippen LogP contribution in [0.15, 0.2) is 51.8 Å². The second-order valence-corrected chi connectivity index (χ2v) is 4.23. The van der Waals surface area contributed by atoms with Gasteiger partial charge in [-0.15, -0.1) is 0 Å². The van der Waals surface area contributed by atoms with Gasteiger partial charge in [-0.2, -0.15) is 9.78 Å². The van der Waals surface area contributed by atoms with Crippen LogP contribution in [0.3, 0.4) is 0 Å². The summed E-state index contributed by atoms with van der Waals surface area (Å²) in [5.74, 6) is -0.360. The average molecular weight is 311 g/mol. The van der Waals surface area contributed by atoms with Crippen LogP contribution < -0.4 is 27.5 Å². The number of H-pyrrole nitrogens is 1. The second kappa shape index (κ2) is 6.41. The van der Waals surface area contributed by atoms with Crippen molar-refractivity contribution in [2.24, 2.45) is 0 Å². The van der Waals surface area contributed by atoms with E-state index in [1.54, 1.807) is 28.8 Å². The lowest BCUT2D eigenvalue weighted by molar-refractivity contribution is -0.673. The molecule has 3 rings (SSSR count). The van der Waals surface area contributed by atoms with Crippen molar-refractivity contribution in [1.82, 2.24) is 4.98 Å². The van der Waals surface area contributed by atoms with Gasteiger partial charge in [-0.1, -0.05) is 6.07 Å². The van der Waals surface area contributed by atoms with Crippen LogP contribution in [0.25, 0.3) is 11.2 Å². The van der Waals surface area contributed by atoms with E-state index in [1.165, 1.54) is 12.1 Å². The zero-order valence-corrected chi connectivity index (χ0v) is 11.6. The van der Waals surface area contributed by atoms with Crippen LogP contribution in [0.4, 0.5) is 4.39 Å². The molecule has 2 aromatic heterocycles. The zero-order valence-electron chi connectivity index (χ0n) is 10.9. The number of fused-ring (bicyclic) bond motifs is 1. The summed E-state index contributed by atoms with van der Waals surface area (Å²) in [7, 11) is 0. The van der Waals surface area contributed by atoms with Crippen LogP contribution in [0.1, 0.15) is 0 Å². The van der Waals surface area contributed by atoms with Crippen LogP contribution in [0, 0.1) is 5.82 Å². The van der Waals surface area contributed by atoms with Gasteiger partial charge in [0, 0.05) is 6.07 Å². The van der Waals surface area contributed by atoms with Gasteiger partial charge in [0.05, 0.1) is 6.20 Å². The molecule has 0 atom stereocenters. The summed E-state index contributed by atoms with van der Waals surface area (Å²) in [6, 6.07) is 9.45. The van der Waals surface area contributed by atoms with E-state index in [9.17, 15) is 9.18 Å². The predicted octanol–water partition coefficient (Wildman–Crippen LogP) is -1.37. The molecule has 0 amide bonds. The number of nitrogens with zero attached hydrogens (tertiary/aromatic N) is 1. The minimum Gasteiger partial charge on any atom is -1.00 e. The van der Waals surface area contributed by atoms with Crippen molar-refractivity contribution in [3.63, 3.8) is 0 Å². The fourth-order valence-corrected chi connectivity index (χ4v) is 1.97. The lowest BCUT2D eigenvalue weighted by atomic mass is 10.3. The van der Waals surface area contributed by atoms with Gasteiger partial charge in [0.15, 0.2) is 0 Å². The molecule has 3 aromatic rings. The fraction of sp³-hybridized carbons (Fsp3) is 0.143. The zero-order chi connectivity index (χ0) is 13.9. The minimum absolute atomic E-state index is 0. The van der Waals surface area contributed by atoms with Crippen molar-refractivity contribution < 1.29 is 30.5 Å². The van der Waals surface area contributed by atoms with Crippen LogP contribution >= 0.6 is 0 Å². The first-order valence-corrected chi connectivity index (χ1v) is 6.12. The van der Waals surface area contributed by atoms with E-state index in [0.717, 1.165) is 0 Å². The Bertz CT molecular complexity index is 800. The van der Waals surface area contributed by atoms with Crippen molar-refractivity contribution in [2.45, 2.75) is 6.54 Å². The monoisotopic (exact) mass is 310 g/mol. The van der Waals surface area contributed by atoms with Gasteiger partial charge in [-0.25, -0.2) is 8.96 Å². The number of benzene rings is 1. The van der Waals surface area contributed by atoms with Crippen molar-refractivity contribution in [1.29, 1.82) is 0 Å². The molecule has 0 saturated carbocycles. The molecule has 7 heteroatoms. The van der Waals surface area contributed by atoms with Crippen molar-refractivity contribution in [3.05, 3.63) is 59.0 Å². The Hall–Kier alpha value is -2.34. The SMILES string of the molecule is O=c1[nH]c2c(ccc[n+]2CCOc2cccc(F)c2)o1.[Cl-]. The van der Waals surface area contributed by atoms with Crippen molar-refractivity contribution >= 4 is 11.2 Å². The minimum atomic E-state index is -0.494. The first-order chi connectivity index (χ1) is 9.72. The number of oxazole rings is 1. The van der Waals surface area contributed by atoms with Gasteiger partial charge >= 0.3 is 11.4 Å². The van der Waals surface area contributed by atoms with Crippen LogP contribution in [0.2, 0.25) is 0 Å². The van der Waals surface area contributed by atoms with Gasteiger partial charge < -0.3 is 21.6 Å². The quantitative estimate of drug-likeness (QED) is 0.605. The molecule has 0 aliphatic rings. The maximum absolute atomic E-state index is 13.0. The molecule has 0 unspecified atom stereocenters. The average Bonchev–Trinajstić information content (AvgIpc) is 2.80. The van der Waals surface area contributed by atoms with Crippen molar-refractivity contribution in [2.75, 3.05) is 6.61 Å². The largest absolute Gasteiger partial charge is 1.00 e. The van der Waals surface area contributed by atoms with Gasteiger partial charge in [0.25, 0.3) is 0 Å². The number of hydrogen-bond acceptors (Lipinski definition) is 3. The van der Waals surface area contributed by atoms with Crippen molar-refractivity contribution in [3.8, 4) is 5.75 Å². The Balaban J connectivity index is 0.00000161. The number of aromatic amines is 1. The number of aromatic nitrogens is 2. The molecule has 1 aromatic carbocycles. The van der Waals surface area contributed by atoms with E-state index >= 15 is 0 Å². The predicted molar refractivity (Wildman–Crippen MR) is 68.9 cm³/mol. The molecule has 0 saturated heterocycles. The lowest BCUT2D eigenvalue weighted by Crippen LogP contribution is -3.00. The van der Waals surface area contributed by atoms with Gasteiger partial charge in [0.1, 0.15) is 24.7 Å². The second-order valence-electron chi connectivity index (χ2n) is 4.23. The van der Waals surface area contributed by atoms with E-state index < -0.39 is 5.76 Å². The molecule has 5 nitrogen and oxygen atoms in total. The summed E-state index contributed by atoms with van der Waals surface area (Å²) in [5, 5.41) is 0. The highest BCUT2D eigenvalue weighted by molar-refractivity contribution is 5.62. The van der Waals surface area contributed by atoms with E-state index in [-0.39, 0.29) is 18.2 Å². The van der Waals surface area contributed by atoms with E-state index in [0.29, 0.717) is 30.1 Å². The first kappa shape index (κ1) is 15.1. The molecule has 21 heavy (non-hydrogen) atoms. The lowest BCUT2D eigenvalue weighted by Gasteiger charge is -2.05. The fourth-order valence-electron chi connectivity index (χ4n) is 1.97. The molecule has 1 N–H and O–H groups in total. The van der Waals surface area contributed by atoms with Gasteiger partial charge in [0.2, 0.25) is 5.58 Å². The van der Waals surface area contributed by atoms with Gasteiger partial charge in [-0.3, -0.25) is 0 Å². The molecule has 0 aliphatic heterocycles. The number of ether oxygens (including phenoxy) is 1. The Morgan fingerprint density at radius 3 is 2.95 bits per heavy atom. The van der Waals surface area contributed by atoms with Crippen LogP contribution in [-0.2, 0) is 6.54 Å². The molecule has 0 radical (unpaired) electrons. The Labute approximate surface area is 125 Å². The highest BCUT2D eigenvalue weighted by atomic mass is 35.5. The Morgan fingerprint density at radius 2 is 2.14 bits per heavy atom. The van der Waals surface area contributed by atoms with E-state index in [2.05, 4.69) is 4.98 Å². The third-order valence-electron chi connectivity index (χ3n) is 2.85. The Kier molecular flexibility index (Phi) is 4.59. The maximum atomic E-state index is 13.0. The molecular weight excluding hydrogens is 299 g/mol. The summed E-state index contributed by atoms with van der Waals surface area (Å²) < 4.78 is 25.2. The molecule has 0 spiro atoms. The standard InChI is InChI=1S/C14H11FN2O3.ClH/c15-10-3-1-4-11(9-10)19-8-7-17-6-2-5-12-13(17)16-14(18)20-12;/h1-6,9H,7-8H2;1H. The highest BCUT2D eigenvalue weighted by Crippen LogP contribution is 2.11. The Morgan fingerprint density at radius 1 is 1.29 bits per heavy atom.